The molecule has 0 aliphatic carbocycles. The topological polar surface area (TPSA) is 29.1 Å². The summed E-state index contributed by atoms with van der Waals surface area (Å²) in [5.41, 5.74) is 1.15. The Balaban J connectivity index is 0. The number of halogens is 1. The van der Waals surface area contributed by atoms with Gasteiger partial charge in [-0.25, -0.2) is 0 Å². The summed E-state index contributed by atoms with van der Waals surface area (Å²) in [6.07, 6.45) is 5.76. The second kappa shape index (κ2) is 17.3. The molecule has 0 saturated heterocycles. The number of unbranched alkanes of at least 4 members (excludes halogenated alkanes) is 1. The molecule has 1 rings (SSSR count). The fraction of sp³-hybridized carbons (Fsp3) is 0.650. The zero-order valence-corrected chi connectivity index (χ0v) is 16.7. The van der Waals surface area contributed by atoms with E-state index in [4.69, 9.17) is 11.6 Å². The van der Waals surface area contributed by atoms with Gasteiger partial charge in [0.05, 0.1) is 0 Å². The van der Waals surface area contributed by atoms with E-state index in [-0.39, 0.29) is 5.91 Å². The first kappa shape index (κ1) is 24.2. The van der Waals surface area contributed by atoms with E-state index in [2.05, 4.69) is 19.2 Å². The minimum absolute atomic E-state index is 0.151. The van der Waals surface area contributed by atoms with Crippen LogP contribution in [0.4, 0.5) is 0 Å². The molecule has 1 unspecified atom stereocenters. The molecule has 1 aromatic carbocycles. The van der Waals surface area contributed by atoms with Gasteiger partial charge in [0, 0.05) is 17.5 Å². The second-order valence-corrected chi connectivity index (χ2v) is 5.38. The van der Waals surface area contributed by atoms with Gasteiger partial charge in [0.1, 0.15) is 0 Å². The van der Waals surface area contributed by atoms with Gasteiger partial charge in [-0.15, -0.1) is 0 Å². The molecule has 0 fully saturated rings. The van der Waals surface area contributed by atoms with E-state index in [9.17, 15) is 4.79 Å². The van der Waals surface area contributed by atoms with Crippen molar-refractivity contribution in [3.8, 4) is 0 Å². The zero-order valence-electron chi connectivity index (χ0n) is 15.9. The van der Waals surface area contributed by atoms with Crippen molar-refractivity contribution in [3.63, 3.8) is 0 Å². The summed E-state index contributed by atoms with van der Waals surface area (Å²) >= 11 is 5.83. The molecule has 0 radical (unpaired) electrons. The van der Waals surface area contributed by atoms with E-state index in [1.54, 1.807) is 0 Å². The highest BCUT2D eigenvalue weighted by Crippen LogP contribution is 2.11. The molecule has 0 aliphatic rings. The number of rotatable bonds is 8. The first-order valence-corrected chi connectivity index (χ1v) is 9.57. The molecule has 1 aromatic rings. The third kappa shape index (κ3) is 13.1. The standard InChI is InChI=1S/C16H24ClNO.2C2H6/c1-3-5-6-15(4-2)18-16(19)12-9-13-7-10-14(17)11-8-13;2*1-2/h7-8,10-11,15H,3-6,9,12H2,1-2H3,(H,18,19);2*1-2H3. The number of benzene rings is 1. The number of carbonyl (C=O) groups is 1. The van der Waals surface area contributed by atoms with Gasteiger partial charge in [0.2, 0.25) is 5.91 Å². The average molecular weight is 342 g/mol. The Morgan fingerprint density at radius 1 is 1.09 bits per heavy atom. The van der Waals surface area contributed by atoms with Crippen molar-refractivity contribution in [2.24, 2.45) is 0 Å². The van der Waals surface area contributed by atoms with Crippen LogP contribution in [0.25, 0.3) is 0 Å². The molecule has 23 heavy (non-hydrogen) atoms. The van der Waals surface area contributed by atoms with Crippen molar-refractivity contribution in [2.45, 2.75) is 86.1 Å². The predicted molar refractivity (Wildman–Crippen MR) is 104 cm³/mol. The van der Waals surface area contributed by atoms with Crippen molar-refractivity contribution >= 4 is 17.5 Å². The minimum atomic E-state index is 0.151. The lowest BCUT2D eigenvalue weighted by molar-refractivity contribution is -0.121. The molecule has 0 aliphatic heterocycles. The van der Waals surface area contributed by atoms with Gasteiger partial charge < -0.3 is 5.32 Å². The summed E-state index contributed by atoms with van der Waals surface area (Å²) in [7, 11) is 0. The number of carbonyl (C=O) groups excluding carboxylic acids is 1. The molecule has 134 valence electrons. The van der Waals surface area contributed by atoms with Crippen LogP contribution in [0.15, 0.2) is 24.3 Å². The number of hydrogen-bond donors (Lipinski definition) is 1. The van der Waals surface area contributed by atoms with E-state index in [1.165, 1.54) is 12.8 Å². The summed E-state index contributed by atoms with van der Waals surface area (Å²) in [6, 6.07) is 8.02. The Labute approximate surface area is 149 Å². The Morgan fingerprint density at radius 3 is 2.13 bits per heavy atom. The summed E-state index contributed by atoms with van der Waals surface area (Å²) in [5, 5.41) is 3.85. The van der Waals surface area contributed by atoms with Gasteiger partial charge in [-0.3, -0.25) is 4.79 Å². The van der Waals surface area contributed by atoms with Crippen LogP contribution in [0.1, 0.15) is 79.2 Å². The molecule has 1 amide bonds. The van der Waals surface area contributed by atoms with Crippen LogP contribution in [0.5, 0.6) is 0 Å². The smallest absolute Gasteiger partial charge is 0.220 e. The Bertz CT molecular complexity index is 376. The maximum atomic E-state index is 11.9. The maximum Gasteiger partial charge on any atom is 0.220 e. The monoisotopic (exact) mass is 341 g/mol. The molecule has 0 spiro atoms. The second-order valence-electron chi connectivity index (χ2n) is 4.94. The average Bonchev–Trinajstić information content (AvgIpc) is 2.61. The van der Waals surface area contributed by atoms with Crippen molar-refractivity contribution in [2.75, 3.05) is 0 Å². The summed E-state index contributed by atoms with van der Waals surface area (Å²) in [4.78, 5) is 11.9. The van der Waals surface area contributed by atoms with E-state index >= 15 is 0 Å². The lowest BCUT2D eigenvalue weighted by Crippen LogP contribution is -2.34. The van der Waals surface area contributed by atoms with E-state index in [1.807, 2.05) is 52.0 Å². The van der Waals surface area contributed by atoms with Crippen LogP contribution >= 0.6 is 11.6 Å². The first-order chi connectivity index (χ1) is 11.2. The van der Waals surface area contributed by atoms with Crippen molar-refractivity contribution in [3.05, 3.63) is 34.9 Å². The van der Waals surface area contributed by atoms with Crippen molar-refractivity contribution < 1.29 is 4.79 Å². The molecule has 0 heterocycles. The molecule has 0 saturated carbocycles. The normalized spacial score (nSPS) is 10.6. The number of hydrogen-bond acceptors (Lipinski definition) is 1. The van der Waals surface area contributed by atoms with Crippen LogP contribution in [0.3, 0.4) is 0 Å². The molecule has 3 heteroatoms. The molecule has 1 N–H and O–H groups in total. The highest BCUT2D eigenvalue weighted by Gasteiger charge is 2.09. The van der Waals surface area contributed by atoms with E-state index in [0.717, 1.165) is 29.8 Å². The highest BCUT2D eigenvalue weighted by atomic mass is 35.5. The maximum absolute atomic E-state index is 11.9. The number of amides is 1. The quantitative estimate of drug-likeness (QED) is 0.581. The summed E-state index contributed by atoms with van der Waals surface area (Å²) in [5.74, 6) is 0.151. The van der Waals surface area contributed by atoms with E-state index < -0.39 is 0 Å². The van der Waals surface area contributed by atoms with Crippen LogP contribution < -0.4 is 5.32 Å². The van der Waals surface area contributed by atoms with Crippen LogP contribution in [0, 0.1) is 0 Å². The van der Waals surface area contributed by atoms with Gasteiger partial charge >= 0.3 is 0 Å². The van der Waals surface area contributed by atoms with Crippen LogP contribution in [-0.2, 0) is 11.2 Å². The third-order valence-corrected chi connectivity index (χ3v) is 3.57. The Morgan fingerprint density at radius 2 is 1.65 bits per heavy atom. The van der Waals surface area contributed by atoms with Gasteiger partial charge in [-0.05, 0) is 37.0 Å². The van der Waals surface area contributed by atoms with Crippen molar-refractivity contribution in [1.82, 2.24) is 5.32 Å². The molecular formula is C20H36ClNO. The molecule has 2 nitrogen and oxygen atoms in total. The lowest BCUT2D eigenvalue weighted by atomic mass is 10.1. The third-order valence-electron chi connectivity index (χ3n) is 3.32. The molecule has 0 aromatic heterocycles. The number of aryl methyl sites for hydroxylation is 1. The van der Waals surface area contributed by atoms with Crippen LogP contribution in [-0.4, -0.2) is 11.9 Å². The fourth-order valence-electron chi connectivity index (χ4n) is 2.04. The minimum Gasteiger partial charge on any atom is -0.353 e. The highest BCUT2D eigenvalue weighted by molar-refractivity contribution is 6.30. The largest absolute Gasteiger partial charge is 0.353 e. The van der Waals surface area contributed by atoms with Gasteiger partial charge in [0.15, 0.2) is 0 Å². The van der Waals surface area contributed by atoms with E-state index in [0.29, 0.717) is 12.5 Å². The predicted octanol–water partition coefficient (Wildman–Crippen LogP) is 6.41. The Kier molecular flexibility index (Phi) is 18.3. The SMILES string of the molecule is CC.CC.CCCCC(CC)NC(=O)CCc1ccc(Cl)cc1. The molecular weight excluding hydrogens is 306 g/mol. The lowest BCUT2D eigenvalue weighted by Gasteiger charge is -2.16. The summed E-state index contributed by atoms with van der Waals surface area (Å²) < 4.78 is 0. The summed E-state index contributed by atoms with van der Waals surface area (Å²) in [6.45, 7) is 12.3. The van der Waals surface area contributed by atoms with Crippen molar-refractivity contribution in [1.29, 1.82) is 0 Å². The molecule has 1 atom stereocenters. The fourth-order valence-corrected chi connectivity index (χ4v) is 2.16. The van der Waals surface area contributed by atoms with Gasteiger partial charge in [-0.2, -0.15) is 0 Å². The van der Waals surface area contributed by atoms with Gasteiger partial charge in [-0.1, -0.05) is 78.1 Å². The first-order valence-electron chi connectivity index (χ1n) is 9.19. The number of nitrogens with one attached hydrogen (secondary N) is 1. The zero-order chi connectivity index (χ0) is 18.1. The van der Waals surface area contributed by atoms with Gasteiger partial charge in [0.25, 0.3) is 0 Å². The Hall–Kier alpha value is -1.02. The van der Waals surface area contributed by atoms with Crippen LogP contribution in [0.2, 0.25) is 5.02 Å². The molecule has 0 bridgehead atoms.